The van der Waals surface area contributed by atoms with Crippen LogP contribution >= 0.6 is 11.3 Å². The first kappa shape index (κ1) is 15.5. The van der Waals surface area contributed by atoms with E-state index in [0.29, 0.717) is 28.1 Å². The number of amides is 1. The van der Waals surface area contributed by atoms with E-state index in [1.165, 1.54) is 17.4 Å². The smallest absolute Gasteiger partial charge is 0.261 e. The van der Waals surface area contributed by atoms with Gasteiger partial charge >= 0.3 is 0 Å². The van der Waals surface area contributed by atoms with Crippen molar-refractivity contribution in [1.29, 1.82) is 0 Å². The zero-order valence-electron chi connectivity index (χ0n) is 12.6. The van der Waals surface area contributed by atoms with Crippen LogP contribution in [0, 0.1) is 5.82 Å². The van der Waals surface area contributed by atoms with E-state index in [4.69, 9.17) is 4.74 Å². The van der Waals surface area contributed by atoms with Crippen LogP contribution in [-0.4, -0.2) is 12.5 Å². The number of nitrogens with one attached hydrogen (secondary N) is 1. The number of fused-ring (bicyclic) bond motifs is 1. The molecule has 3 nitrogen and oxygen atoms in total. The summed E-state index contributed by atoms with van der Waals surface area (Å²) in [5.74, 6) is 0.158. The van der Waals surface area contributed by atoms with Gasteiger partial charge < -0.3 is 10.1 Å². The Bertz CT molecular complexity index is 830. The number of hydrogen-bond donors (Lipinski definition) is 1. The fourth-order valence-electron chi connectivity index (χ4n) is 2.40. The molecule has 3 rings (SSSR count). The lowest BCUT2D eigenvalue weighted by atomic mass is 10.1. The summed E-state index contributed by atoms with van der Waals surface area (Å²) in [6.07, 6.45) is 0. The number of hydrogen-bond acceptors (Lipinski definition) is 3. The molecule has 1 N–H and O–H groups in total. The number of para-hydroxylation sites is 1. The lowest BCUT2D eigenvalue weighted by Gasteiger charge is -2.08. The second-order valence-corrected chi connectivity index (χ2v) is 6.04. The Kier molecular flexibility index (Phi) is 4.57. The minimum Gasteiger partial charge on any atom is -0.489 e. The van der Waals surface area contributed by atoms with Gasteiger partial charge in [-0.3, -0.25) is 4.79 Å². The molecule has 1 aromatic heterocycles. The van der Waals surface area contributed by atoms with Crippen molar-refractivity contribution in [2.75, 3.05) is 6.54 Å². The summed E-state index contributed by atoms with van der Waals surface area (Å²) in [6.45, 7) is 2.53. The Balaban J connectivity index is 2.01. The Labute approximate surface area is 137 Å². The molecule has 2 aromatic carbocycles. The highest BCUT2D eigenvalue weighted by atomic mass is 32.1. The number of carbonyl (C=O) groups excluding carboxylic acids is 1. The van der Waals surface area contributed by atoms with Gasteiger partial charge in [0.05, 0.1) is 4.88 Å². The Hall–Kier alpha value is -2.40. The van der Waals surface area contributed by atoms with Gasteiger partial charge in [0.25, 0.3) is 5.91 Å². The van der Waals surface area contributed by atoms with Gasteiger partial charge in [0.2, 0.25) is 0 Å². The molecule has 0 aliphatic heterocycles. The summed E-state index contributed by atoms with van der Waals surface area (Å²) in [5.41, 5.74) is 0.595. The van der Waals surface area contributed by atoms with Crippen LogP contribution in [0.2, 0.25) is 0 Å². The molecular formula is C18H16FNO2S. The molecule has 0 spiro atoms. The summed E-state index contributed by atoms with van der Waals surface area (Å²) in [7, 11) is 0. The molecule has 1 amide bonds. The highest BCUT2D eigenvalue weighted by Gasteiger charge is 2.20. The second-order valence-electron chi connectivity index (χ2n) is 4.98. The van der Waals surface area contributed by atoms with Crippen molar-refractivity contribution in [3.63, 3.8) is 0 Å². The summed E-state index contributed by atoms with van der Waals surface area (Å²) >= 11 is 1.29. The Morgan fingerprint density at radius 1 is 1.17 bits per heavy atom. The third-order valence-electron chi connectivity index (χ3n) is 3.43. The second kappa shape index (κ2) is 6.79. The van der Waals surface area contributed by atoms with Gasteiger partial charge in [-0.1, -0.05) is 24.3 Å². The highest BCUT2D eigenvalue weighted by molar-refractivity contribution is 7.21. The van der Waals surface area contributed by atoms with Crippen LogP contribution in [0.5, 0.6) is 5.75 Å². The van der Waals surface area contributed by atoms with Crippen molar-refractivity contribution in [3.8, 4) is 5.75 Å². The molecule has 5 heteroatoms. The summed E-state index contributed by atoms with van der Waals surface area (Å²) < 4.78 is 20.7. The van der Waals surface area contributed by atoms with E-state index in [1.807, 2.05) is 43.3 Å². The molecular weight excluding hydrogens is 313 g/mol. The maximum Gasteiger partial charge on any atom is 0.261 e. The van der Waals surface area contributed by atoms with Crippen LogP contribution in [0.15, 0.2) is 48.5 Å². The van der Waals surface area contributed by atoms with Gasteiger partial charge in [-0.15, -0.1) is 11.3 Å². The van der Waals surface area contributed by atoms with Crippen LogP contribution in [-0.2, 0) is 6.61 Å². The van der Waals surface area contributed by atoms with Crippen molar-refractivity contribution in [3.05, 3.63) is 64.8 Å². The van der Waals surface area contributed by atoms with E-state index in [2.05, 4.69) is 5.32 Å². The molecule has 0 saturated heterocycles. The van der Waals surface area contributed by atoms with Gasteiger partial charge in [-0.25, -0.2) is 4.39 Å². The zero-order chi connectivity index (χ0) is 16.2. The minimum atomic E-state index is -0.332. The predicted molar refractivity (Wildman–Crippen MR) is 90.6 cm³/mol. The molecule has 3 aromatic rings. The average molecular weight is 329 g/mol. The predicted octanol–water partition coefficient (Wildman–Crippen LogP) is 4.37. The molecule has 0 fully saturated rings. The fourth-order valence-corrected chi connectivity index (χ4v) is 3.54. The molecule has 23 heavy (non-hydrogen) atoms. The fraction of sp³-hybridized carbons (Fsp3) is 0.167. The first-order valence-corrected chi connectivity index (χ1v) is 8.18. The third kappa shape index (κ3) is 3.19. The van der Waals surface area contributed by atoms with Crippen LogP contribution in [0.4, 0.5) is 4.39 Å². The molecule has 0 radical (unpaired) electrons. The summed E-state index contributed by atoms with van der Waals surface area (Å²) in [6, 6.07) is 14.2. The lowest BCUT2D eigenvalue weighted by molar-refractivity contribution is 0.0957. The Morgan fingerprint density at radius 2 is 1.96 bits per heavy atom. The van der Waals surface area contributed by atoms with Crippen molar-refractivity contribution in [2.24, 2.45) is 0 Å². The van der Waals surface area contributed by atoms with Crippen LogP contribution < -0.4 is 10.1 Å². The monoisotopic (exact) mass is 329 g/mol. The molecule has 0 bridgehead atoms. The minimum absolute atomic E-state index is 0.150. The normalized spacial score (nSPS) is 10.7. The molecule has 1 heterocycles. The number of benzene rings is 2. The van der Waals surface area contributed by atoms with Gasteiger partial charge in [0.15, 0.2) is 0 Å². The molecule has 0 unspecified atom stereocenters. The first-order chi connectivity index (χ1) is 11.2. The number of thiophene rings is 1. The van der Waals surface area contributed by atoms with E-state index in [0.717, 1.165) is 4.70 Å². The number of carbonyl (C=O) groups is 1. The molecule has 0 aliphatic rings. The molecule has 118 valence electrons. The van der Waals surface area contributed by atoms with Crippen molar-refractivity contribution >= 4 is 27.3 Å². The van der Waals surface area contributed by atoms with Gasteiger partial charge in [-0.05, 0) is 31.2 Å². The summed E-state index contributed by atoms with van der Waals surface area (Å²) in [5, 5.41) is 3.24. The lowest BCUT2D eigenvalue weighted by Crippen LogP contribution is -2.23. The van der Waals surface area contributed by atoms with Gasteiger partial charge in [-0.2, -0.15) is 0 Å². The van der Waals surface area contributed by atoms with Crippen LogP contribution in [0.1, 0.15) is 22.2 Å². The largest absolute Gasteiger partial charge is 0.489 e. The van der Waals surface area contributed by atoms with E-state index in [9.17, 15) is 9.18 Å². The number of ether oxygens (including phenoxy) is 1. The molecule has 0 atom stereocenters. The van der Waals surface area contributed by atoms with Crippen LogP contribution in [0.25, 0.3) is 10.1 Å². The van der Waals surface area contributed by atoms with E-state index < -0.39 is 0 Å². The maximum absolute atomic E-state index is 14.3. The summed E-state index contributed by atoms with van der Waals surface area (Å²) in [4.78, 5) is 12.8. The topological polar surface area (TPSA) is 38.3 Å². The third-order valence-corrected chi connectivity index (χ3v) is 4.63. The average Bonchev–Trinajstić information content (AvgIpc) is 2.94. The highest BCUT2D eigenvalue weighted by Crippen LogP contribution is 2.34. The SMILES string of the molecule is CCNC(=O)c1sc2cccc(F)c2c1COc1ccccc1. The van der Waals surface area contributed by atoms with E-state index in [-0.39, 0.29) is 18.3 Å². The molecule has 0 saturated carbocycles. The quantitative estimate of drug-likeness (QED) is 0.755. The standard InChI is InChI=1S/C18H16FNO2S/c1-2-20-18(21)17-13(11-22-12-7-4-3-5-8-12)16-14(19)9-6-10-15(16)23-17/h3-10H,2,11H2,1H3,(H,20,21). The van der Waals surface area contributed by atoms with Crippen molar-refractivity contribution in [1.82, 2.24) is 5.32 Å². The van der Waals surface area contributed by atoms with Gasteiger partial charge in [0.1, 0.15) is 18.2 Å². The number of rotatable bonds is 5. The van der Waals surface area contributed by atoms with Crippen molar-refractivity contribution < 1.29 is 13.9 Å². The van der Waals surface area contributed by atoms with Crippen molar-refractivity contribution in [2.45, 2.75) is 13.5 Å². The number of halogens is 1. The first-order valence-electron chi connectivity index (χ1n) is 7.36. The van der Waals surface area contributed by atoms with E-state index >= 15 is 0 Å². The van der Waals surface area contributed by atoms with Crippen LogP contribution in [0.3, 0.4) is 0 Å². The maximum atomic E-state index is 14.3. The zero-order valence-corrected chi connectivity index (χ0v) is 13.5. The molecule has 0 aliphatic carbocycles. The van der Waals surface area contributed by atoms with Gasteiger partial charge in [0, 0.05) is 22.2 Å². The Morgan fingerprint density at radius 3 is 2.70 bits per heavy atom. The van der Waals surface area contributed by atoms with E-state index in [1.54, 1.807) is 6.07 Å².